The van der Waals surface area contributed by atoms with Crippen molar-refractivity contribution >= 4 is 22.6 Å². The highest BCUT2D eigenvalue weighted by molar-refractivity contribution is 6.12. The van der Waals surface area contributed by atoms with Crippen LogP contribution in [0.4, 0.5) is 5.69 Å². The van der Waals surface area contributed by atoms with Gasteiger partial charge in [0, 0.05) is 42.8 Å². The number of nitrogens with one attached hydrogen (secondary N) is 2. The van der Waals surface area contributed by atoms with Crippen LogP contribution < -0.4 is 26.0 Å². The minimum Gasteiger partial charge on any atom is -0.448 e. The molecular formula is C25H26N4O5. The molecule has 2 saturated carbocycles. The molecule has 6 rings (SSSR count). The molecule has 0 bridgehead atoms. The van der Waals surface area contributed by atoms with Gasteiger partial charge in [0.25, 0.3) is 17.3 Å². The van der Waals surface area contributed by atoms with Crippen molar-refractivity contribution in [1.82, 2.24) is 14.5 Å². The maximum Gasteiger partial charge on any atom is 0.329 e. The van der Waals surface area contributed by atoms with Crippen molar-refractivity contribution in [3.63, 3.8) is 0 Å². The molecule has 9 nitrogen and oxygen atoms in total. The summed E-state index contributed by atoms with van der Waals surface area (Å²) in [6.07, 6.45) is 6.95. The number of amides is 1. The summed E-state index contributed by atoms with van der Waals surface area (Å²) in [4.78, 5) is 45.4. The maximum atomic E-state index is 13.4. The summed E-state index contributed by atoms with van der Waals surface area (Å²) >= 11 is 0. The number of benzene rings is 1. The number of aromatic nitrogens is 3. The molecule has 2 fully saturated rings. The number of hydrogen-bond acceptors (Lipinski definition) is 6. The standard InChI is InChI=1S/C25H26N4O5/c1-2-29-21-20(23(31)28-24(29)32)16(13-17(27-21)14-6-7-14)22(30)26-15-8-9-18-19(12-15)34-25(33-18)10-4-3-5-11-25/h8-9,12-14H,2-7,10-11H2,1H3,(H,26,30)(H,28,31,32). The lowest BCUT2D eigenvalue weighted by molar-refractivity contribution is -0.105. The van der Waals surface area contributed by atoms with Gasteiger partial charge in [0.05, 0.1) is 10.9 Å². The number of H-pyrrole nitrogens is 1. The van der Waals surface area contributed by atoms with Gasteiger partial charge in [0.2, 0.25) is 0 Å². The monoisotopic (exact) mass is 462 g/mol. The number of carbonyl (C=O) groups is 1. The Morgan fingerprint density at radius 3 is 2.65 bits per heavy atom. The molecule has 2 aliphatic carbocycles. The second kappa shape index (κ2) is 7.72. The van der Waals surface area contributed by atoms with Gasteiger partial charge in [-0.2, -0.15) is 0 Å². The second-order valence-corrected chi connectivity index (χ2v) is 9.36. The van der Waals surface area contributed by atoms with Gasteiger partial charge in [-0.05, 0) is 50.8 Å². The molecule has 3 heterocycles. The van der Waals surface area contributed by atoms with Gasteiger partial charge < -0.3 is 14.8 Å². The number of rotatable bonds is 4. The van der Waals surface area contributed by atoms with E-state index in [1.54, 1.807) is 31.2 Å². The number of aromatic amines is 1. The van der Waals surface area contributed by atoms with Crippen LogP contribution in [0, 0.1) is 0 Å². The molecule has 2 aromatic heterocycles. The molecule has 0 unspecified atom stereocenters. The molecule has 1 aromatic carbocycles. The van der Waals surface area contributed by atoms with E-state index >= 15 is 0 Å². The molecule has 9 heteroatoms. The Kier molecular flexibility index (Phi) is 4.75. The number of ether oxygens (including phenoxy) is 2. The van der Waals surface area contributed by atoms with E-state index in [4.69, 9.17) is 9.47 Å². The van der Waals surface area contributed by atoms with E-state index in [2.05, 4.69) is 15.3 Å². The first-order chi connectivity index (χ1) is 16.5. The fraction of sp³-hybridized carbons (Fsp3) is 0.440. The van der Waals surface area contributed by atoms with Crippen molar-refractivity contribution in [1.29, 1.82) is 0 Å². The molecule has 0 saturated heterocycles. The zero-order chi connectivity index (χ0) is 23.4. The number of fused-ring (bicyclic) bond motifs is 2. The first kappa shape index (κ1) is 20.9. The quantitative estimate of drug-likeness (QED) is 0.611. The van der Waals surface area contributed by atoms with E-state index in [1.165, 1.54) is 11.0 Å². The highest BCUT2D eigenvalue weighted by atomic mass is 16.7. The van der Waals surface area contributed by atoms with Crippen molar-refractivity contribution in [3.8, 4) is 11.5 Å². The highest BCUT2D eigenvalue weighted by Crippen LogP contribution is 2.46. The first-order valence-electron chi connectivity index (χ1n) is 12.0. The van der Waals surface area contributed by atoms with Crippen molar-refractivity contribution < 1.29 is 14.3 Å². The Morgan fingerprint density at radius 2 is 1.91 bits per heavy atom. The molecule has 176 valence electrons. The minimum atomic E-state index is -0.616. The lowest BCUT2D eigenvalue weighted by Crippen LogP contribution is -2.40. The van der Waals surface area contributed by atoms with Crippen LogP contribution >= 0.6 is 0 Å². The van der Waals surface area contributed by atoms with Crippen molar-refractivity contribution in [2.75, 3.05) is 5.32 Å². The Morgan fingerprint density at radius 1 is 1.15 bits per heavy atom. The first-order valence-corrected chi connectivity index (χ1v) is 12.0. The van der Waals surface area contributed by atoms with Crippen LogP contribution in [-0.2, 0) is 6.54 Å². The summed E-state index contributed by atoms with van der Waals surface area (Å²) in [7, 11) is 0. The van der Waals surface area contributed by atoms with Gasteiger partial charge in [0.15, 0.2) is 17.1 Å². The summed E-state index contributed by atoms with van der Waals surface area (Å²) < 4.78 is 13.7. The number of pyridine rings is 1. The van der Waals surface area contributed by atoms with Crippen molar-refractivity contribution in [2.24, 2.45) is 0 Å². The molecule has 34 heavy (non-hydrogen) atoms. The number of nitrogens with zero attached hydrogens (tertiary/aromatic N) is 2. The summed E-state index contributed by atoms with van der Waals surface area (Å²) in [6, 6.07) is 7.00. The second-order valence-electron chi connectivity index (χ2n) is 9.36. The molecule has 3 aliphatic rings. The number of aryl methyl sites for hydroxylation is 1. The van der Waals surface area contributed by atoms with Crippen LogP contribution in [-0.4, -0.2) is 26.2 Å². The smallest absolute Gasteiger partial charge is 0.329 e. The van der Waals surface area contributed by atoms with E-state index in [0.717, 1.165) is 44.2 Å². The molecule has 2 N–H and O–H groups in total. The zero-order valence-electron chi connectivity index (χ0n) is 19.0. The molecule has 3 aromatic rings. The topological polar surface area (TPSA) is 115 Å². The Bertz CT molecular complexity index is 1430. The zero-order valence-corrected chi connectivity index (χ0v) is 19.0. The molecule has 0 radical (unpaired) electrons. The Balaban J connectivity index is 1.37. The fourth-order valence-electron chi connectivity index (χ4n) is 5.02. The molecule has 1 amide bonds. The molecule has 0 atom stereocenters. The lowest BCUT2D eigenvalue weighted by Gasteiger charge is -2.31. The van der Waals surface area contributed by atoms with E-state index in [-0.39, 0.29) is 22.5 Å². The largest absolute Gasteiger partial charge is 0.448 e. The maximum absolute atomic E-state index is 13.4. The third-order valence-corrected chi connectivity index (χ3v) is 6.93. The van der Waals surface area contributed by atoms with Gasteiger partial charge in [-0.1, -0.05) is 6.42 Å². The third-order valence-electron chi connectivity index (χ3n) is 6.93. The summed E-state index contributed by atoms with van der Waals surface area (Å²) in [5.74, 6) is 0.491. The van der Waals surface area contributed by atoms with Crippen LogP contribution in [0.5, 0.6) is 11.5 Å². The normalized spacial score (nSPS) is 18.4. The van der Waals surface area contributed by atoms with Crippen molar-refractivity contribution in [3.05, 3.63) is 56.4 Å². The molecular weight excluding hydrogens is 436 g/mol. The number of hydrogen-bond donors (Lipinski definition) is 2. The van der Waals surface area contributed by atoms with Crippen molar-refractivity contribution in [2.45, 2.75) is 70.1 Å². The van der Waals surface area contributed by atoms with Crippen LogP contribution in [0.2, 0.25) is 0 Å². The summed E-state index contributed by atoms with van der Waals surface area (Å²) in [5.41, 5.74) is 0.578. The molecule has 1 spiro atoms. The van der Waals surface area contributed by atoms with E-state index in [9.17, 15) is 14.4 Å². The predicted octanol–water partition coefficient (Wildman–Crippen LogP) is 3.67. The summed E-state index contributed by atoms with van der Waals surface area (Å²) in [6.45, 7) is 2.13. The molecule has 1 aliphatic heterocycles. The van der Waals surface area contributed by atoms with Gasteiger partial charge in [-0.25, -0.2) is 9.78 Å². The van der Waals surface area contributed by atoms with E-state index in [1.807, 2.05) is 0 Å². The highest BCUT2D eigenvalue weighted by Gasteiger charge is 2.42. The van der Waals surface area contributed by atoms with Crippen LogP contribution in [0.1, 0.15) is 73.8 Å². The Hall–Kier alpha value is -3.62. The summed E-state index contributed by atoms with van der Waals surface area (Å²) in [5, 5.41) is 3.01. The van der Waals surface area contributed by atoms with Crippen LogP contribution in [0.25, 0.3) is 11.0 Å². The van der Waals surface area contributed by atoms with Crippen LogP contribution in [0.3, 0.4) is 0 Å². The Labute approximate surface area is 195 Å². The van der Waals surface area contributed by atoms with E-state index in [0.29, 0.717) is 23.7 Å². The minimum absolute atomic E-state index is 0.116. The lowest BCUT2D eigenvalue weighted by atomic mass is 9.94. The number of carbonyl (C=O) groups excluding carboxylic acids is 1. The van der Waals surface area contributed by atoms with Gasteiger partial charge in [-0.15, -0.1) is 0 Å². The average molecular weight is 463 g/mol. The average Bonchev–Trinajstić information content (AvgIpc) is 3.61. The SMILES string of the molecule is CCn1c(=O)[nH]c(=O)c2c(C(=O)Nc3ccc4c(c3)OC3(CCCCC3)O4)cc(C3CC3)nc21. The van der Waals surface area contributed by atoms with Gasteiger partial charge in [0.1, 0.15) is 0 Å². The van der Waals surface area contributed by atoms with Gasteiger partial charge >= 0.3 is 5.69 Å². The van der Waals surface area contributed by atoms with Crippen LogP contribution in [0.15, 0.2) is 33.9 Å². The van der Waals surface area contributed by atoms with E-state index < -0.39 is 22.9 Å². The predicted molar refractivity (Wildman–Crippen MR) is 126 cm³/mol. The fourth-order valence-corrected chi connectivity index (χ4v) is 5.02. The third kappa shape index (κ3) is 3.46. The number of anilines is 1. The van der Waals surface area contributed by atoms with Gasteiger partial charge in [-0.3, -0.25) is 19.1 Å².